The summed E-state index contributed by atoms with van der Waals surface area (Å²) in [4.78, 5) is 18.3. The lowest BCUT2D eigenvalue weighted by atomic mass is 10.3. The summed E-state index contributed by atoms with van der Waals surface area (Å²) < 4.78 is 1.66. The molecule has 0 unspecified atom stereocenters. The van der Waals surface area contributed by atoms with Crippen molar-refractivity contribution >= 4 is 17.4 Å². The van der Waals surface area contributed by atoms with Gasteiger partial charge in [-0.25, -0.2) is 14.6 Å². The predicted octanol–water partition coefficient (Wildman–Crippen LogP) is 2.72. The van der Waals surface area contributed by atoms with Crippen molar-refractivity contribution in [3.8, 4) is 5.69 Å². The van der Waals surface area contributed by atoms with Crippen LogP contribution < -0.4 is 0 Å². The summed E-state index contributed by atoms with van der Waals surface area (Å²) in [6, 6.07) is 12.6. The molecule has 3 rings (SSSR count). The molecule has 0 aliphatic rings. The number of hydrogen-bond donors (Lipinski definition) is 0. The first kappa shape index (κ1) is 13.3. The third kappa shape index (κ3) is 3.06. The summed E-state index contributed by atoms with van der Waals surface area (Å²) in [5.74, 6) is 0. The molecule has 0 radical (unpaired) electrons. The van der Waals surface area contributed by atoms with Crippen molar-refractivity contribution in [3.05, 3.63) is 65.1 Å². The van der Waals surface area contributed by atoms with Crippen LogP contribution in [-0.4, -0.2) is 24.7 Å². The van der Waals surface area contributed by atoms with E-state index in [4.69, 9.17) is 0 Å². The molecule has 2 aromatic heterocycles. The number of rotatable bonds is 4. The van der Waals surface area contributed by atoms with Crippen molar-refractivity contribution in [1.29, 1.82) is 0 Å². The Labute approximate surface area is 123 Å². The molecule has 0 bridgehead atoms. The van der Waals surface area contributed by atoms with Gasteiger partial charge in [-0.3, -0.25) is 10.1 Å². The minimum Gasteiger partial charge on any atom is -0.258 e. The maximum atomic E-state index is 10.6. The second kappa shape index (κ2) is 5.71. The van der Waals surface area contributed by atoms with Crippen LogP contribution in [0.4, 0.5) is 5.69 Å². The van der Waals surface area contributed by atoms with Crippen LogP contribution in [0.5, 0.6) is 0 Å². The van der Waals surface area contributed by atoms with E-state index in [1.165, 1.54) is 24.0 Å². The Morgan fingerprint density at radius 1 is 1.10 bits per heavy atom. The molecule has 1 aromatic carbocycles. The quantitative estimate of drug-likeness (QED) is 0.544. The average molecular weight is 299 g/mol. The molecule has 0 amide bonds. The van der Waals surface area contributed by atoms with Crippen molar-refractivity contribution in [1.82, 2.24) is 19.7 Å². The minimum absolute atomic E-state index is 0.0397. The first-order chi connectivity index (χ1) is 10.2. The molecule has 0 aliphatic carbocycles. The first-order valence-electron chi connectivity index (χ1n) is 5.98. The van der Waals surface area contributed by atoms with E-state index in [0.717, 1.165) is 5.69 Å². The lowest BCUT2D eigenvalue weighted by Gasteiger charge is -1.98. The highest BCUT2D eigenvalue weighted by molar-refractivity contribution is 7.99. The van der Waals surface area contributed by atoms with Gasteiger partial charge in [-0.1, -0.05) is 18.2 Å². The van der Waals surface area contributed by atoms with Gasteiger partial charge in [0, 0.05) is 6.07 Å². The summed E-state index contributed by atoms with van der Waals surface area (Å²) in [6.07, 6.45) is 2.83. The number of para-hydroxylation sites is 1. The molecular weight excluding hydrogens is 290 g/mol. The molecule has 3 aromatic rings. The van der Waals surface area contributed by atoms with Crippen LogP contribution in [0.25, 0.3) is 5.69 Å². The summed E-state index contributed by atoms with van der Waals surface area (Å²) in [5.41, 5.74) is 0.871. The van der Waals surface area contributed by atoms with Crippen molar-refractivity contribution in [2.24, 2.45) is 0 Å². The van der Waals surface area contributed by atoms with Gasteiger partial charge < -0.3 is 0 Å². The SMILES string of the molecule is O=[N+]([O-])c1ccc(Sc2ncn(-c3ccccc3)n2)nc1. The van der Waals surface area contributed by atoms with Crippen LogP contribution in [0.15, 0.2) is 65.2 Å². The number of aromatic nitrogens is 4. The van der Waals surface area contributed by atoms with Crippen LogP contribution in [0.3, 0.4) is 0 Å². The van der Waals surface area contributed by atoms with E-state index in [-0.39, 0.29) is 5.69 Å². The van der Waals surface area contributed by atoms with Crippen LogP contribution in [-0.2, 0) is 0 Å². The van der Waals surface area contributed by atoms with Gasteiger partial charge in [0.25, 0.3) is 5.69 Å². The van der Waals surface area contributed by atoms with E-state index in [0.29, 0.717) is 10.2 Å². The highest BCUT2D eigenvalue weighted by atomic mass is 32.2. The van der Waals surface area contributed by atoms with Crippen molar-refractivity contribution < 1.29 is 4.92 Å². The topological polar surface area (TPSA) is 86.7 Å². The highest BCUT2D eigenvalue weighted by Gasteiger charge is 2.09. The van der Waals surface area contributed by atoms with E-state index in [1.54, 1.807) is 17.1 Å². The number of nitrogens with zero attached hydrogens (tertiary/aromatic N) is 5. The zero-order valence-corrected chi connectivity index (χ0v) is 11.5. The second-order valence-corrected chi connectivity index (χ2v) is 5.01. The van der Waals surface area contributed by atoms with Gasteiger partial charge in [0.05, 0.1) is 10.6 Å². The zero-order valence-electron chi connectivity index (χ0n) is 10.7. The third-order valence-electron chi connectivity index (χ3n) is 2.62. The Kier molecular flexibility index (Phi) is 3.61. The highest BCUT2D eigenvalue weighted by Crippen LogP contribution is 2.24. The monoisotopic (exact) mass is 299 g/mol. The van der Waals surface area contributed by atoms with Gasteiger partial charge in [-0.2, -0.15) is 0 Å². The Balaban J connectivity index is 1.77. The largest absolute Gasteiger partial charge is 0.287 e. The lowest BCUT2D eigenvalue weighted by Crippen LogP contribution is -1.93. The molecule has 8 heteroatoms. The smallest absolute Gasteiger partial charge is 0.258 e. The molecule has 0 spiro atoms. The third-order valence-corrected chi connectivity index (χ3v) is 3.44. The summed E-state index contributed by atoms with van der Waals surface area (Å²) in [6.45, 7) is 0. The average Bonchev–Trinajstić information content (AvgIpc) is 2.97. The van der Waals surface area contributed by atoms with E-state index >= 15 is 0 Å². The fourth-order valence-corrected chi connectivity index (χ4v) is 2.29. The molecule has 0 saturated heterocycles. The van der Waals surface area contributed by atoms with E-state index in [9.17, 15) is 10.1 Å². The lowest BCUT2D eigenvalue weighted by molar-refractivity contribution is -0.385. The molecule has 104 valence electrons. The first-order valence-corrected chi connectivity index (χ1v) is 6.79. The molecule has 2 heterocycles. The predicted molar refractivity (Wildman–Crippen MR) is 76.4 cm³/mol. The van der Waals surface area contributed by atoms with Crippen LogP contribution in [0, 0.1) is 10.1 Å². The van der Waals surface area contributed by atoms with Crippen molar-refractivity contribution in [2.75, 3.05) is 0 Å². The second-order valence-electron chi connectivity index (χ2n) is 4.02. The van der Waals surface area contributed by atoms with Gasteiger partial charge in [-0.15, -0.1) is 5.10 Å². The van der Waals surface area contributed by atoms with Crippen molar-refractivity contribution in [2.45, 2.75) is 10.2 Å². The van der Waals surface area contributed by atoms with E-state index in [1.807, 2.05) is 30.3 Å². The minimum atomic E-state index is -0.482. The summed E-state index contributed by atoms with van der Waals surface area (Å²) in [7, 11) is 0. The molecule has 0 N–H and O–H groups in total. The molecule has 0 atom stereocenters. The van der Waals surface area contributed by atoms with Gasteiger partial charge >= 0.3 is 0 Å². The van der Waals surface area contributed by atoms with Crippen molar-refractivity contribution in [3.63, 3.8) is 0 Å². The van der Waals surface area contributed by atoms with Crippen LogP contribution in [0.1, 0.15) is 0 Å². The molecule has 7 nitrogen and oxygen atoms in total. The number of nitro groups is 1. The Hall–Kier alpha value is -2.74. The standard InChI is InChI=1S/C13H9N5O2S/c19-18(20)11-6-7-12(14-8-11)21-13-15-9-17(16-13)10-4-2-1-3-5-10/h1-9H. The normalized spacial score (nSPS) is 10.5. The molecule has 0 aliphatic heterocycles. The van der Waals surface area contributed by atoms with Gasteiger partial charge in [0.2, 0.25) is 5.16 Å². The number of pyridine rings is 1. The summed E-state index contributed by atoms with van der Waals surface area (Å²) >= 11 is 1.25. The van der Waals surface area contributed by atoms with Gasteiger partial charge in [0.15, 0.2) is 0 Å². The summed E-state index contributed by atoms with van der Waals surface area (Å²) in [5, 5.41) is 16.0. The molecule has 21 heavy (non-hydrogen) atoms. The number of hydrogen-bond acceptors (Lipinski definition) is 6. The maximum Gasteiger partial charge on any atom is 0.287 e. The maximum absolute atomic E-state index is 10.6. The molecular formula is C13H9N5O2S. The fourth-order valence-electron chi connectivity index (χ4n) is 1.63. The van der Waals surface area contributed by atoms with Crippen LogP contribution in [0.2, 0.25) is 0 Å². The Morgan fingerprint density at radius 2 is 1.90 bits per heavy atom. The Bertz CT molecular complexity index is 758. The zero-order chi connectivity index (χ0) is 14.7. The van der Waals surface area contributed by atoms with E-state index < -0.39 is 4.92 Å². The molecule has 0 saturated carbocycles. The van der Waals surface area contributed by atoms with Crippen LogP contribution >= 0.6 is 11.8 Å². The van der Waals surface area contributed by atoms with E-state index in [2.05, 4.69) is 15.1 Å². The Morgan fingerprint density at radius 3 is 2.57 bits per heavy atom. The van der Waals surface area contributed by atoms with Gasteiger partial charge in [0.1, 0.15) is 17.6 Å². The molecule has 0 fully saturated rings. The fraction of sp³-hybridized carbons (Fsp3) is 0. The number of benzene rings is 1. The van der Waals surface area contributed by atoms with Gasteiger partial charge in [-0.05, 0) is 30.0 Å².